The van der Waals surface area contributed by atoms with Crippen molar-refractivity contribution in [2.24, 2.45) is 5.73 Å². The second-order valence-electron chi connectivity index (χ2n) is 3.26. The van der Waals surface area contributed by atoms with Gasteiger partial charge in [0.2, 0.25) is 5.91 Å². The van der Waals surface area contributed by atoms with E-state index in [1.807, 2.05) is 31.4 Å². The predicted octanol–water partition coefficient (Wildman–Crippen LogP) is 1.66. The molecule has 0 aliphatic carbocycles. The maximum Gasteiger partial charge on any atom is 0.237 e. The Balaban J connectivity index is 2.49. The largest absolute Gasteiger partial charge is 0.347 e. The van der Waals surface area contributed by atoms with Crippen molar-refractivity contribution in [2.75, 3.05) is 0 Å². The van der Waals surface area contributed by atoms with Crippen molar-refractivity contribution in [3.63, 3.8) is 0 Å². The quantitative estimate of drug-likeness (QED) is 0.797. The highest BCUT2D eigenvalue weighted by Gasteiger charge is 2.14. The van der Waals surface area contributed by atoms with Crippen molar-refractivity contribution in [1.82, 2.24) is 5.32 Å². The number of thiophene rings is 1. The Morgan fingerprint density at radius 1 is 1.71 bits per heavy atom. The summed E-state index contributed by atoms with van der Waals surface area (Å²) in [5, 5.41) is 4.88. The van der Waals surface area contributed by atoms with E-state index in [-0.39, 0.29) is 11.9 Å². The lowest BCUT2D eigenvalue weighted by molar-refractivity contribution is -0.123. The molecule has 14 heavy (non-hydrogen) atoms. The van der Waals surface area contributed by atoms with E-state index in [9.17, 15) is 4.79 Å². The van der Waals surface area contributed by atoms with Gasteiger partial charge < -0.3 is 11.1 Å². The molecule has 4 heteroatoms. The molecule has 1 rings (SSSR count). The number of hydrogen-bond acceptors (Lipinski definition) is 3. The van der Waals surface area contributed by atoms with Crippen molar-refractivity contribution >= 4 is 17.2 Å². The molecule has 1 aromatic heterocycles. The highest BCUT2D eigenvalue weighted by atomic mass is 32.1. The number of carbonyl (C=O) groups is 1. The fourth-order valence-corrected chi connectivity index (χ4v) is 1.85. The van der Waals surface area contributed by atoms with Crippen LogP contribution in [0, 0.1) is 0 Å². The standard InChI is InChI=1S/C10H16N2OS/c1-3-8(11)10(13)12-7(2)9-5-4-6-14-9/h4-8H,3,11H2,1-2H3,(H,12,13)/t7-,8+/m0/s1. The van der Waals surface area contributed by atoms with Gasteiger partial charge in [-0.1, -0.05) is 13.0 Å². The third-order valence-corrected chi connectivity index (χ3v) is 3.16. The highest BCUT2D eigenvalue weighted by molar-refractivity contribution is 7.10. The van der Waals surface area contributed by atoms with Crippen LogP contribution in [0.15, 0.2) is 17.5 Å². The molecule has 78 valence electrons. The molecule has 0 aliphatic heterocycles. The third-order valence-electron chi connectivity index (χ3n) is 2.11. The van der Waals surface area contributed by atoms with E-state index in [0.29, 0.717) is 6.42 Å². The Morgan fingerprint density at radius 3 is 2.93 bits per heavy atom. The summed E-state index contributed by atoms with van der Waals surface area (Å²) in [6.07, 6.45) is 0.670. The van der Waals surface area contributed by atoms with Crippen LogP contribution in [0.4, 0.5) is 0 Å². The van der Waals surface area contributed by atoms with Gasteiger partial charge in [0, 0.05) is 4.88 Å². The molecule has 1 aromatic rings. The number of carbonyl (C=O) groups excluding carboxylic acids is 1. The monoisotopic (exact) mass is 212 g/mol. The fraction of sp³-hybridized carbons (Fsp3) is 0.500. The molecule has 1 heterocycles. The first-order valence-electron chi connectivity index (χ1n) is 4.74. The number of nitrogens with two attached hydrogens (primary N) is 1. The van der Waals surface area contributed by atoms with Crippen LogP contribution in [0.5, 0.6) is 0 Å². The molecular weight excluding hydrogens is 196 g/mol. The van der Waals surface area contributed by atoms with Gasteiger partial charge in [0.1, 0.15) is 0 Å². The van der Waals surface area contributed by atoms with E-state index in [4.69, 9.17) is 5.73 Å². The van der Waals surface area contributed by atoms with Gasteiger partial charge in [-0.3, -0.25) is 4.79 Å². The molecule has 3 nitrogen and oxygen atoms in total. The van der Waals surface area contributed by atoms with Crippen LogP contribution in [-0.2, 0) is 4.79 Å². The summed E-state index contributed by atoms with van der Waals surface area (Å²) in [5.41, 5.74) is 5.61. The Morgan fingerprint density at radius 2 is 2.43 bits per heavy atom. The molecule has 0 spiro atoms. The van der Waals surface area contributed by atoms with E-state index in [2.05, 4.69) is 5.32 Å². The van der Waals surface area contributed by atoms with Crippen LogP contribution < -0.4 is 11.1 Å². The smallest absolute Gasteiger partial charge is 0.237 e. The third kappa shape index (κ3) is 2.82. The van der Waals surface area contributed by atoms with Gasteiger partial charge in [-0.2, -0.15) is 0 Å². The number of rotatable bonds is 4. The highest BCUT2D eigenvalue weighted by Crippen LogP contribution is 2.17. The van der Waals surface area contributed by atoms with Crippen molar-refractivity contribution in [2.45, 2.75) is 32.4 Å². The number of amides is 1. The average molecular weight is 212 g/mol. The molecule has 0 saturated carbocycles. The molecule has 2 atom stereocenters. The van der Waals surface area contributed by atoms with E-state index in [0.717, 1.165) is 4.88 Å². The Bertz CT molecular complexity index is 284. The van der Waals surface area contributed by atoms with E-state index >= 15 is 0 Å². The summed E-state index contributed by atoms with van der Waals surface area (Å²) in [7, 11) is 0. The zero-order chi connectivity index (χ0) is 10.6. The first-order chi connectivity index (χ1) is 6.65. The second kappa shape index (κ2) is 5.12. The fourth-order valence-electron chi connectivity index (χ4n) is 1.11. The van der Waals surface area contributed by atoms with E-state index in [1.54, 1.807) is 11.3 Å². The van der Waals surface area contributed by atoms with E-state index < -0.39 is 6.04 Å². The van der Waals surface area contributed by atoms with Gasteiger partial charge in [0.05, 0.1) is 12.1 Å². The molecular formula is C10H16N2OS. The predicted molar refractivity (Wildman–Crippen MR) is 59.1 cm³/mol. The first kappa shape index (κ1) is 11.2. The topological polar surface area (TPSA) is 55.1 Å². The molecule has 0 radical (unpaired) electrons. The van der Waals surface area contributed by atoms with Crippen molar-refractivity contribution in [1.29, 1.82) is 0 Å². The molecule has 0 saturated heterocycles. The Hall–Kier alpha value is -0.870. The van der Waals surface area contributed by atoms with E-state index in [1.165, 1.54) is 0 Å². The van der Waals surface area contributed by atoms with Gasteiger partial charge in [0.25, 0.3) is 0 Å². The minimum Gasteiger partial charge on any atom is -0.347 e. The van der Waals surface area contributed by atoms with Gasteiger partial charge in [0.15, 0.2) is 0 Å². The lowest BCUT2D eigenvalue weighted by Gasteiger charge is -2.15. The number of hydrogen-bond donors (Lipinski definition) is 2. The lowest BCUT2D eigenvalue weighted by atomic mass is 10.2. The van der Waals surface area contributed by atoms with Crippen LogP contribution >= 0.6 is 11.3 Å². The molecule has 0 fully saturated rings. The minimum atomic E-state index is -0.391. The molecule has 1 amide bonds. The van der Waals surface area contributed by atoms with Crippen molar-refractivity contribution in [3.8, 4) is 0 Å². The molecule has 0 bridgehead atoms. The maximum atomic E-state index is 11.4. The van der Waals surface area contributed by atoms with Crippen LogP contribution in [0.25, 0.3) is 0 Å². The summed E-state index contributed by atoms with van der Waals surface area (Å²) in [6, 6.07) is 3.65. The van der Waals surface area contributed by atoms with Gasteiger partial charge >= 0.3 is 0 Å². The summed E-state index contributed by atoms with van der Waals surface area (Å²) >= 11 is 1.64. The van der Waals surface area contributed by atoms with Gasteiger partial charge in [-0.05, 0) is 24.8 Å². The van der Waals surface area contributed by atoms with Crippen LogP contribution in [-0.4, -0.2) is 11.9 Å². The van der Waals surface area contributed by atoms with Gasteiger partial charge in [-0.25, -0.2) is 0 Å². The second-order valence-corrected chi connectivity index (χ2v) is 4.24. The Labute approximate surface area is 88.3 Å². The van der Waals surface area contributed by atoms with Gasteiger partial charge in [-0.15, -0.1) is 11.3 Å². The molecule has 0 aromatic carbocycles. The average Bonchev–Trinajstić information content (AvgIpc) is 2.69. The zero-order valence-corrected chi connectivity index (χ0v) is 9.30. The molecule has 0 aliphatic rings. The summed E-state index contributed by atoms with van der Waals surface area (Å²) in [6.45, 7) is 3.87. The Kier molecular flexibility index (Phi) is 4.10. The van der Waals surface area contributed by atoms with Crippen molar-refractivity contribution < 1.29 is 4.79 Å². The van der Waals surface area contributed by atoms with Crippen LogP contribution in [0.1, 0.15) is 31.2 Å². The summed E-state index contributed by atoms with van der Waals surface area (Å²) < 4.78 is 0. The lowest BCUT2D eigenvalue weighted by Crippen LogP contribution is -2.40. The number of nitrogens with one attached hydrogen (secondary N) is 1. The zero-order valence-electron chi connectivity index (χ0n) is 8.49. The maximum absolute atomic E-state index is 11.4. The van der Waals surface area contributed by atoms with Crippen LogP contribution in [0.3, 0.4) is 0 Å². The van der Waals surface area contributed by atoms with Crippen molar-refractivity contribution in [3.05, 3.63) is 22.4 Å². The summed E-state index contributed by atoms with van der Waals surface area (Å²) in [4.78, 5) is 12.6. The van der Waals surface area contributed by atoms with Crippen LogP contribution in [0.2, 0.25) is 0 Å². The molecule has 3 N–H and O–H groups in total. The summed E-state index contributed by atoms with van der Waals surface area (Å²) in [5.74, 6) is -0.0756. The normalized spacial score (nSPS) is 14.8. The SMILES string of the molecule is CC[C@@H](N)C(=O)N[C@@H](C)c1cccs1. The first-order valence-corrected chi connectivity index (χ1v) is 5.62. The molecule has 0 unspecified atom stereocenters. The minimum absolute atomic E-state index is 0.0556.